The number of nitrogens with zero attached hydrogens (tertiary/aromatic N) is 4. The van der Waals surface area contributed by atoms with Gasteiger partial charge in [-0.05, 0) is 18.9 Å². The van der Waals surface area contributed by atoms with Gasteiger partial charge in [-0.15, -0.1) is 0 Å². The minimum absolute atomic E-state index is 0.0114. The number of aromatic nitrogens is 2. The number of amides is 1. The van der Waals surface area contributed by atoms with Crippen molar-refractivity contribution in [3.63, 3.8) is 0 Å². The highest BCUT2D eigenvalue weighted by Crippen LogP contribution is 2.44. The second-order valence-electron chi connectivity index (χ2n) is 7.34. The number of rotatable bonds is 4. The zero-order valence-corrected chi connectivity index (χ0v) is 13.6. The largest absolute Gasteiger partial charge is 0.481 e. The van der Waals surface area contributed by atoms with Crippen LogP contribution >= 0.6 is 0 Å². The van der Waals surface area contributed by atoms with Crippen molar-refractivity contribution in [2.75, 3.05) is 26.2 Å². The summed E-state index contributed by atoms with van der Waals surface area (Å²) in [4.78, 5) is 36.9. The van der Waals surface area contributed by atoms with Gasteiger partial charge in [0.1, 0.15) is 11.2 Å². The summed E-state index contributed by atoms with van der Waals surface area (Å²) in [5.41, 5.74) is -0.839. The third kappa shape index (κ3) is 2.47. The van der Waals surface area contributed by atoms with Crippen LogP contribution in [0.4, 0.5) is 0 Å². The van der Waals surface area contributed by atoms with E-state index < -0.39 is 11.4 Å². The molecule has 1 aliphatic carbocycles. The van der Waals surface area contributed by atoms with Crippen molar-refractivity contribution < 1.29 is 14.7 Å². The molecule has 0 spiro atoms. The minimum Gasteiger partial charge on any atom is -0.481 e. The summed E-state index contributed by atoms with van der Waals surface area (Å²) in [5.74, 6) is 0.203. The molecule has 7 nitrogen and oxygen atoms in total. The van der Waals surface area contributed by atoms with Crippen LogP contribution in [0.3, 0.4) is 0 Å². The normalized spacial score (nSPS) is 30.2. The third-order valence-electron chi connectivity index (χ3n) is 5.86. The molecule has 1 aromatic rings. The molecule has 1 saturated carbocycles. The summed E-state index contributed by atoms with van der Waals surface area (Å²) in [7, 11) is 0. The number of hydrogen-bond donors (Lipinski definition) is 1. The first-order valence-electron chi connectivity index (χ1n) is 8.59. The molecule has 0 radical (unpaired) electrons. The monoisotopic (exact) mass is 330 g/mol. The molecule has 1 aromatic heterocycles. The van der Waals surface area contributed by atoms with Crippen LogP contribution in [-0.2, 0) is 16.1 Å². The van der Waals surface area contributed by atoms with Gasteiger partial charge in [-0.1, -0.05) is 6.42 Å². The third-order valence-corrected chi connectivity index (χ3v) is 5.86. The van der Waals surface area contributed by atoms with Crippen LogP contribution in [-0.4, -0.2) is 62.9 Å². The molecular weight excluding hydrogens is 308 g/mol. The van der Waals surface area contributed by atoms with E-state index >= 15 is 0 Å². The number of carboxylic acids is 1. The fraction of sp³-hybridized carbons (Fsp3) is 0.647. The van der Waals surface area contributed by atoms with Crippen molar-refractivity contribution >= 4 is 11.9 Å². The lowest BCUT2D eigenvalue weighted by molar-refractivity contribution is -0.149. The lowest BCUT2D eigenvalue weighted by atomic mass is 9.81. The van der Waals surface area contributed by atoms with E-state index in [9.17, 15) is 14.7 Å². The van der Waals surface area contributed by atoms with E-state index in [-0.39, 0.29) is 17.7 Å². The number of aliphatic carboxylic acids is 1. The molecule has 3 heterocycles. The second kappa shape index (κ2) is 5.81. The Kier molecular flexibility index (Phi) is 3.75. The van der Waals surface area contributed by atoms with Gasteiger partial charge in [0, 0.05) is 50.4 Å². The molecule has 3 aliphatic rings. The average molecular weight is 330 g/mol. The number of carboxylic acid groups (broad SMARTS) is 1. The molecule has 4 rings (SSSR count). The molecule has 1 N–H and O–H groups in total. The minimum atomic E-state index is -0.839. The molecule has 3 fully saturated rings. The molecule has 0 unspecified atom stereocenters. The maximum Gasteiger partial charge on any atom is 0.313 e. The summed E-state index contributed by atoms with van der Waals surface area (Å²) in [6.07, 6.45) is 6.42. The highest BCUT2D eigenvalue weighted by atomic mass is 16.4. The summed E-state index contributed by atoms with van der Waals surface area (Å²) in [6.45, 7) is 2.60. The maximum absolute atomic E-state index is 12.5. The van der Waals surface area contributed by atoms with Crippen molar-refractivity contribution in [1.82, 2.24) is 19.8 Å². The molecule has 24 heavy (non-hydrogen) atoms. The number of carbonyl (C=O) groups is 2. The number of hydrogen-bond acceptors (Lipinski definition) is 5. The van der Waals surface area contributed by atoms with Crippen molar-refractivity contribution in [2.24, 2.45) is 17.3 Å². The predicted molar refractivity (Wildman–Crippen MR) is 84.8 cm³/mol. The van der Waals surface area contributed by atoms with Crippen LogP contribution in [0, 0.1) is 17.3 Å². The van der Waals surface area contributed by atoms with Crippen LogP contribution in [0.25, 0.3) is 0 Å². The Hall–Kier alpha value is -2.02. The van der Waals surface area contributed by atoms with E-state index in [4.69, 9.17) is 0 Å². The maximum atomic E-state index is 12.5. The smallest absolute Gasteiger partial charge is 0.313 e. The first-order valence-corrected chi connectivity index (χ1v) is 8.59. The summed E-state index contributed by atoms with van der Waals surface area (Å²) in [6, 6.07) is 1.77. The Labute approximate surface area is 140 Å². The predicted octanol–water partition coefficient (Wildman–Crippen LogP) is 0.622. The Morgan fingerprint density at radius 3 is 2.54 bits per heavy atom. The molecule has 2 saturated heterocycles. The molecule has 7 heteroatoms. The second-order valence-corrected chi connectivity index (χ2v) is 7.34. The van der Waals surface area contributed by atoms with E-state index in [0.717, 1.165) is 19.3 Å². The van der Waals surface area contributed by atoms with E-state index in [0.29, 0.717) is 38.5 Å². The summed E-state index contributed by atoms with van der Waals surface area (Å²) >= 11 is 0. The van der Waals surface area contributed by atoms with Crippen LogP contribution in [0.2, 0.25) is 0 Å². The topological polar surface area (TPSA) is 86.6 Å². The van der Waals surface area contributed by atoms with Gasteiger partial charge in [0.15, 0.2) is 0 Å². The Morgan fingerprint density at radius 2 is 1.96 bits per heavy atom. The van der Waals surface area contributed by atoms with Crippen LogP contribution in [0.15, 0.2) is 18.5 Å². The Balaban J connectivity index is 1.47. The standard InChI is InChI=1S/C17H22N4O3/c22-15(12-3-1-4-12)21-8-13-7-20(9-14-18-5-2-6-19-14)10-17(13,11-21)16(23)24/h2,5-6,12-13H,1,3-4,7-11H2,(H,23,24)/t13-,17-/m0/s1. The molecule has 1 amide bonds. The SMILES string of the molecule is O=C(C1CCC1)N1C[C@@H]2CN(Cc3ncccn3)C[C@]2(C(=O)O)C1. The van der Waals surface area contributed by atoms with Gasteiger partial charge in [0.25, 0.3) is 0 Å². The number of likely N-dealkylation sites (tertiary alicyclic amines) is 2. The molecule has 128 valence electrons. The van der Waals surface area contributed by atoms with Crippen molar-refractivity contribution in [3.8, 4) is 0 Å². The van der Waals surface area contributed by atoms with E-state index in [1.165, 1.54) is 0 Å². The lowest BCUT2D eigenvalue weighted by Gasteiger charge is -2.31. The van der Waals surface area contributed by atoms with Crippen molar-refractivity contribution in [1.29, 1.82) is 0 Å². The number of fused-ring (bicyclic) bond motifs is 1. The molecule has 0 aromatic carbocycles. The summed E-state index contributed by atoms with van der Waals surface area (Å²) in [5, 5.41) is 9.87. The Bertz CT molecular complexity index is 648. The first kappa shape index (κ1) is 15.5. The fourth-order valence-corrected chi connectivity index (χ4v) is 4.29. The molecule has 2 aliphatic heterocycles. The van der Waals surface area contributed by atoms with Gasteiger partial charge >= 0.3 is 5.97 Å². The van der Waals surface area contributed by atoms with Gasteiger partial charge in [-0.2, -0.15) is 0 Å². The average Bonchev–Trinajstić information content (AvgIpc) is 3.01. The molecule has 2 atom stereocenters. The van der Waals surface area contributed by atoms with Crippen molar-refractivity contribution in [2.45, 2.75) is 25.8 Å². The van der Waals surface area contributed by atoms with E-state index in [1.54, 1.807) is 23.4 Å². The van der Waals surface area contributed by atoms with Gasteiger partial charge in [0.05, 0.1) is 6.54 Å². The zero-order chi connectivity index (χ0) is 16.7. The first-order chi connectivity index (χ1) is 11.6. The van der Waals surface area contributed by atoms with E-state index in [2.05, 4.69) is 14.9 Å². The number of carbonyl (C=O) groups excluding carboxylic acids is 1. The van der Waals surface area contributed by atoms with Crippen molar-refractivity contribution in [3.05, 3.63) is 24.3 Å². The molecule has 0 bridgehead atoms. The highest BCUT2D eigenvalue weighted by Gasteiger charge is 2.58. The quantitative estimate of drug-likeness (QED) is 0.871. The van der Waals surface area contributed by atoms with Crippen LogP contribution < -0.4 is 0 Å². The summed E-state index contributed by atoms with van der Waals surface area (Å²) < 4.78 is 0. The van der Waals surface area contributed by atoms with Gasteiger partial charge in [-0.3, -0.25) is 14.5 Å². The van der Waals surface area contributed by atoms with Gasteiger partial charge < -0.3 is 10.0 Å². The fourth-order valence-electron chi connectivity index (χ4n) is 4.29. The zero-order valence-electron chi connectivity index (χ0n) is 13.6. The van der Waals surface area contributed by atoms with Gasteiger partial charge in [0.2, 0.25) is 5.91 Å². The lowest BCUT2D eigenvalue weighted by Crippen LogP contribution is -2.44. The van der Waals surface area contributed by atoms with Gasteiger partial charge in [-0.25, -0.2) is 9.97 Å². The highest BCUT2D eigenvalue weighted by molar-refractivity contribution is 5.83. The van der Waals surface area contributed by atoms with Crippen LogP contribution in [0.1, 0.15) is 25.1 Å². The van der Waals surface area contributed by atoms with Crippen LogP contribution in [0.5, 0.6) is 0 Å². The molecular formula is C17H22N4O3. The van der Waals surface area contributed by atoms with E-state index in [1.807, 2.05) is 0 Å². The Morgan fingerprint density at radius 1 is 1.21 bits per heavy atom.